The van der Waals surface area contributed by atoms with Crippen LogP contribution in [-0.2, 0) is 10.8 Å². The van der Waals surface area contributed by atoms with Crippen molar-refractivity contribution in [1.29, 1.82) is 0 Å². The van der Waals surface area contributed by atoms with Gasteiger partial charge in [0.05, 0.1) is 6.61 Å². The summed E-state index contributed by atoms with van der Waals surface area (Å²) in [7, 11) is -1.67. The summed E-state index contributed by atoms with van der Waals surface area (Å²) in [5.74, 6) is 0.758. The fraction of sp³-hybridized carbons (Fsp3) is 0.688. The van der Waals surface area contributed by atoms with Crippen LogP contribution in [0.5, 0.6) is 5.88 Å². The average Bonchev–Trinajstić information content (AvgIpc) is 2.35. The molecule has 0 bridgehead atoms. The second-order valence-corrected chi connectivity index (χ2v) is 11.5. The molecule has 0 aliphatic carbocycles. The zero-order valence-corrected chi connectivity index (χ0v) is 14.8. The van der Waals surface area contributed by atoms with E-state index in [2.05, 4.69) is 51.8 Å². The maximum absolute atomic E-state index is 6.10. The molecule has 3 nitrogen and oxygen atoms in total. The second kappa shape index (κ2) is 7.23. The molecule has 0 amide bonds. The summed E-state index contributed by atoms with van der Waals surface area (Å²) in [6.45, 7) is 14.6. The highest BCUT2D eigenvalue weighted by atomic mass is 28.4. The van der Waals surface area contributed by atoms with Gasteiger partial charge in [-0.25, -0.2) is 4.98 Å². The Morgan fingerprint density at radius 2 is 1.90 bits per heavy atom. The van der Waals surface area contributed by atoms with E-state index < -0.39 is 8.32 Å². The summed E-state index contributed by atoms with van der Waals surface area (Å²) in [4.78, 5) is 4.31. The smallest absolute Gasteiger partial charge is 0.216 e. The number of aromatic nitrogens is 1. The molecule has 0 saturated heterocycles. The van der Waals surface area contributed by atoms with Crippen LogP contribution in [0.1, 0.15) is 39.7 Å². The first-order chi connectivity index (χ1) is 9.28. The van der Waals surface area contributed by atoms with Crippen molar-refractivity contribution in [2.24, 2.45) is 0 Å². The summed E-state index contributed by atoms with van der Waals surface area (Å²) in [6, 6.07) is 4.05. The summed E-state index contributed by atoms with van der Waals surface area (Å²) < 4.78 is 11.9. The van der Waals surface area contributed by atoms with Gasteiger partial charge in [0.1, 0.15) is 6.61 Å². The Bertz CT molecular complexity index is 413. The van der Waals surface area contributed by atoms with Gasteiger partial charge in [-0.05, 0) is 30.6 Å². The van der Waals surface area contributed by atoms with Crippen molar-refractivity contribution >= 4 is 8.32 Å². The van der Waals surface area contributed by atoms with Crippen molar-refractivity contribution in [1.82, 2.24) is 4.98 Å². The molecule has 0 spiro atoms. The van der Waals surface area contributed by atoms with E-state index in [0.29, 0.717) is 13.2 Å². The minimum Gasteiger partial charge on any atom is -0.475 e. The third kappa shape index (κ3) is 4.91. The molecule has 0 saturated carbocycles. The van der Waals surface area contributed by atoms with E-state index in [0.717, 1.165) is 18.7 Å². The summed E-state index contributed by atoms with van der Waals surface area (Å²) in [5, 5.41) is 0.241. The number of pyridine rings is 1. The Morgan fingerprint density at radius 3 is 2.50 bits per heavy atom. The monoisotopic (exact) mass is 295 g/mol. The SMILES string of the molecule is CCCc1cccnc1OCCO[Si](C)(C)C(C)(C)C. The molecule has 20 heavy (non-hydrogen) atoms. The maximum atomic E-state index is 6.10. The fourth-order valence-corrected chi connectivity index (χ4v) is 2.69. The van der Waals surface area contributed by atoms with Crippen molar-refractivity contribution in [3.05, 3.63) is 23.9 Å². The normalized spacial score (nSPS) is 12.5. The third-order valence-electron chi connectivity index (χ3n) is 3.96. The molecule has 4 heteroatoms. The van der Waals surface area contributed by atoms with E-state index in [1.807, 2.05) is 6.07 Å². The van der Waals surface area contributed by atoms with Gasteiger partial charge in [-0.3, -0.25) is 0 Å². The van der Waals surface area contributed by atoms with Gasteiger partial charge in [-0.2, -0.15) is 0 Å². The highest BCUT2D eigenvalue weighted by Crippen LogP contribution is 2.36. The van der Waals surface area contributed by atoms with E-state index >= 15 is 0 Å². The molecule has 0 aliphatic rings. The van der Waals surface area contributed by atoms with E-state index in [1.54, 1.807) is 6.20 Å². The lowest BCUT2D eigenvalue weighted by atomic mass is 10.2. The predicted molar refractivity (Wildman–Crippen MR) is 86.9 cm³/mol. The molecule has 0 unspecified atom stereocenters. The first-order valence-electron chi connectivity index (χ1n) is 7.48. The van der Waals surface area contributed by atoms with Crippen molar-refractivity contribution in [2.75, 3.05) is 13.2 Å². The van der Waals surface area contributed by atoms with Crippen molar-refractivity contribution in [2.45, 2.75) is 58.7 Å². The van der Waals surface area contributed by atoms with Gasteiger partial charge >= 0.3 is 0 Å². The number of nitrogens with zero attached hydrogens (tertiary/aromatic N) is 1. The molecule has 1 rings (SSSR count). The first kappa shape index (κ1) is 17.2. The third-order valence-corrected chi connectivity index (χ3v) is 8.50. The quantitative estimate of drug-likeness (QED) is 0.550. The predicted octanol–water partition coefficient (Wildman–Crippen LogP) is 4.43. The summed E-state index contributed by atoms with van der Waals surface area (Å²) >= 11 is 0. The number of rotatable bonds is 7. The van der Waals surface area contributed by atoms with Crippen LogP contribution in [0.3, 0.4) is 0 Å². The number of ether oxygens (including phenoxy) is 1. The Labute approximate surface area is 124 Å². The molecule has 0 aromatic carbocycles. The summed E-state index contributed by atoms with van der Waals surface area (Å²) in [6.07, 6.45) is 3.89. The second-order valence-electron chi connectivity index (χ2n) is 6.67. The Hall–Kier alpha value is -0.873. The van der Waals surface area contributed by atoms with Crippen LogP contribution in [0.25, 0.3) is 0 Å². The molecule has 1 aromatic heterocycles. The van der Waals surface area contributed by atoms with Crippen LogP contribution in [0.2, 0.25) is 18.1 Å². The van der Waals surface area contributed by atoms with Gasteiger partial charge in [0.25, 0.3) is 0 Å². The van der Waals surface area contributed by atoms with Gasteiger partial charge in [-0.15, -0.1) is 0 Å². The lowest BCUT2D eigenvalue weighted by molar-refractivity contribution is 0.198. The first-order valence-corrected chi connectivity index (χ1v) is 10.4. The minimum atomic E-state index is -1.67. The summed E-state index contributed by atoms with van der Waals surface area (Å²) in [5.41, 5.74) is 1.18. The highest BCUT2D eigenvalue weighted by molar-refractivity contribution is 6.74. The zero-order valence-electron chi connectivity index (χ0n) is 13.8. The van der Waals surface area contributed by atoms with E-state index in [4.69, 9.17) is 9.16 Å². The maximum Gasteiger partial charge on any atom is 0.216 e. The van der Waals surface area contributed by atoms with Crippen LogP contribution in [0, 0.1) is 0 Å². The van der Waals surface area contributed by atoms with Gasteiger partial charge in [0, 0.05) is 11.8 Å². The molecule has 0 aliphatic heterocycles. The van der Waals surface area contributed by atoms with Crippen LogP contribution in [-0.4, -0.2) is 26.5 Å². The number of hydrogen-bond acceptors (Lipinski definition) is 3. The fourth-order valence-electron chi connectivity index (χ4n) is 1.67. The minimum absolute atomic E-state index is 0.241. The van der Waals surface area contributed by atoms with Crippen LogP contribution < -0.4 is 4.74 Å². The van der Waals surface area contributed by atoms with E-state index in [1.165, 1.54) is 5.56 Å². The molecular weight excluding hydrogens is 266 g/mol. The van der Waals surface area contributed by atoms with Gasteiger partial charge in [0.2, 0.25) is 5.88 Å². The van der Waals surface area contributed by atoms with Crippen molar-refractivity contribution in [3.8, 4) is 5.88 Å². The number of hydrogen-bond donors (Lipinski definition) is 0. The molecule has 0 fully saturated rings. The zero-order chi connectivity index (χ0) is 15.2. The van der Waals surface area contributed by atoms with Gasteiger partial charge < -0.3 is 9.16 Å². The van der Waals surface area contributed by atoms with Crippen LogP contribution in [0.15, 0.2) is 18.3 Å². The lowest BCUT2D eigenvalue weighted by Crippen LogP contribution is -2.41. The molecular formula is C16H29NO2Si. The van der Waals surface area contributed by atoms with Crippen molar-refractivity contribution in [3.63, 3.8) is 0 Å². The molecule has 1 aromatic rings. The standard InChI is InChI=1S/C16H29NO2Si/c1-7-9-14-10-8-11-17-15(14)18-12-13-19-20(5,6)16(2,3)4/h8,10-11H,7,9,12-13H2,1-6H3. The Balaban J connectivity index is 2.46. The molecule has 1 heterocycles. The van der Waals surface area contributed by atoms with Crippen LogP contribution >= 0.6 is 0 Å². The van der Waals surface area contributed by atoms with E-state index in [9.17, 15) is 0 Å². The molecule has 0 N–H and O–H groups in total. The highest BCUT2D eigenvalue weighted by Gasteiger charge is 2.36. The Kier molecular flexibility index (Phi) is 6.21. The van der Waals surface area contributed by atoms with Gasteiger partial charge in [-0.1, -0.05) is 40.2 Å². The average molecular weight is 295 g/mol. The molecule has 0 atom stereocenters. The molecule has 114 valence electrons. The largest absolute Gasteiger partial charge is 0.475 e. The van der Waals surface area contributed by atoms with E-state index in [-0.39, 0.29) is 5.04 Å². The van der Waals surface area contributed by atoms with Gasteiger partial charge in [0.15, 0.2) is 8.32 Å². The van der Waals surface area contributed by atoms with Crippen molar-refractivity contribution < 1.29 is 9.16 Å². The molecule has 0 radical (unpaired) electrons. The lowest BCUT2D eigenvalue weighted by Gasteiger charge is -2.36. The topological polar surface area (TPSA) is 31.4 Å². The Morgan fingerprint density at radius 1 is 1.20 bits per heavy atom. The van der Waals surface area contributed by atoms with Crippen LogP contribution in [0.4, 0.5) is 0 Å². The number of aryl methyl sites for hydroxylation is 1.